The first kappa shape index (κ1) is 15.9. The molecule has 0 aromatic heterocycles. The van der Waals surface area contributed by atoms with Crippen molar-refractivity contribution in [3.63, 3.8) is 0 Å². The smallest absolute Gasteiger partial charge is 0.294 e. The molecule has 0 aliphatic carbocycles. The van der Waals surface area contributed by atoms with Gasteiger partial charge in [0, 0.05) is 5.39 Å². The fourth-order valence-electron chi connectivity index (χ4n) is 2.30. The van der Waals surface area contributed by atoms with Crippen LogP contribution in [0.4, 0.5) is 11.4 Å². The van der Waals surface area contributed by atoms with E-state index in [0.717, 1.165) is 29.0 Å². The van der Waals surface area contributed by atoms with E-state index in [9.17, 15) is 18.6 Å². The molecule has 5 N–H and O–H groups in total. The third-order valence-electron chi connectivity index (χ3n) is 3.50. The second kappa shape index (κ2) is 5.91. The van der Waals surface area contributed by atoms with E-state index >= 15 is 0 Å². The van der Waals surface area contributed by atoms with Gasteiger partial charge in [-0.15, -0.1) is 0 Å². The number of rotatable bonds is 4. The molecule has 3 aromatic rings. The van der Waals surface area contributed by atoms with Gasteiger partial charge in [-0.1, -0.05) is 30.3 Å². The highest BCUT2D eigenvalue weighted by Gasteiger charge is 2.13. The predicted molar refractivity (Wildman–Crippen MR) is 90.8 cm³/mol. The molecule has 0 saturated carbocycles. The van der Waals surface area contributed by atoms with Gasteiger partial charge in [-0.25, -0.2) is 0 Å². The Morgan fingerprint density at radius 1 is 0.833 bits per heavy atom. The molecule has 0 atom stereocenters. The average molecular weight is 346 g/mol. The second-order valence-corrected chi connectivity index (χ2v) is 6.51. The molecule has 7 nitrogen and oxygen atoms in total. The summed E-state index contributed by atoms with van der Waals surface area (Å²) in [6.45, 7) is 0. The topological polar surface area (TPSA) is 119 Å². The number of hydrogen-bond acceptors (Lipinski definition) is 6. The lowest BCUT2D eigenvalue weighted by Gasteiger charge is -2.15. The molecule has 0 heterocycles. The third-order valence-corrected chi connectivity index (χ3v) is 4.34. The summed E-state index contributed by atoms with van der Waals surface area (Å²) < 4.78 is 31.4. The van der Waals surface area contributed by atoms with Gasteiger partial charge in [0.05, 0.1) is 10.6 Å². The largest absolute Gasteiger partial charge is 0.506 e. The summed E-state index contributed by atoms with van der Waals surface area (Å²) in [6, 6.07) is 13.9. The number of anilines is 2. The summed E-state index contributed by atoms with van der Waals surface area (Å²) >= 11 is 0. The highest BCUT2D eigenvalue weighted by Crippen LogP contribution is 2.33. The minimum atomic E-state index is -4.40. The Bertz CT molecular complexity index is 1020. The lowest BCUT2D eigenvalue weighted by molar-refractivity contribution is 0.473. The lowest BCUT2D eigenvalue weighted by atomic mass is 10.1. The van der Waals surface area contributed by atoms with Crippen molar-refractivity contribution in [2.45, 2.75) is 4.90 Å². The molecule has 124 valence electrons. The van der Waals surface area contributed by atoms with Crippen molar-refractivity contribution in [3.05, 3.63) is 54.6 Å². The first-order chi connectivity index (χ1) is 11.4. The summed E-state index contributed by atoms with van der Waals surface area (Å²) in [7, 11) is -4.40. The van der Waals surface area contributed by atoms with Crippen molar-refractivity contribution in [1.82, 2.24) is 0 Å². The van der Waals surface area contributed by atoms with Crippen molar-refractivity contribution in [2.75, 3.05) is 10.9 Å². The summed E-state index contributed by atoms with van der Waals surface area (Å²) in [4.78, 5) is -0.369. The number of hydrazine groups is 1. The Morgan fingerprint density at radius 3 is 2.29 bits per heavy atom. The van der Waals surface area contributed by atoms with Crippen LogP contribution in [0, 0.1) is 0 Å². The van der Waals surface area contributed by atoms with E-state index in [4.69, 9.17) is 4.55 Å². The number of phenols is 2. The van der Waals surface area contributed by atoms with E-state index in [1.807, 2.05) is 18.2 Å². The maximum atomic E-state index is 11.2. The van der Waals surface area contributed by atoms with Crippen molar-refractivity contribution in [3.8, 4) is 11.5 Å². The molecule has 0 radical (unpaired) electrons. The summed E-state index contributed by atoms with van der Waals surface area (Å²) in [5, 5.41) is 21.5. The van der Waals surface area contributed by atoms with E-state index < -0.39 is 10.1 Å². The molecule has 3 aromatic carbocycles. The Labute approximate surface area is 137 Å². The van der Waals surface area contributed by atoms with Crippen LogP contribution in [0.2, 0.25) is 0 Å². The van der Waals surface area contributed by atoms with E-state index in [1.54, 1.807) is 12.1 Å². The van der Waals surface area contributed by atoms with Gasteiger partial charge in [-0.3, -0.25) is 15.4 Å². The highest BCUT2D eigenvalue weighted by molar-refractivity contribution is 7.85. The summed E-state index contributed by atoms with van der Waals surface area (Å²) in [5.74, 6) is -0.249. The predicted octanol–water partition coefficient (Wildman–Crippen LogP) is 2.94. The molecule has 8 heteroatoms. The minimum Gasteiger partial charge on any atom is -0.506 e. The van der Waals surface area contributed by atoms with Gasteiger partial charge in [0.1, 0.15) is 17.2 Å². The van der Waals surface area contributed by atoms with Crippen molar-refractivity contribution >= 4 is 32.3 Å². The second-order valence-electron chi connectivity index (χ2n) is 5.08. The minimum absolute atomic E-state index is 0.0216. The fraction of sp³-hybridized carbons (Fsp3) is 0. The first-order valence-corrected chi connectivity index (χ1v) is 8.33. The Balaban J connectivity index is 1.96. The van der Waals surface area contributed by atoms with Crippen LogP contribution in [0.5, 0.6) is 11.5 Å². The van der Waals surface area contributed by atoms with Crippen molar-refractivity contribution in [2.24, 2.45) is 0 Å². The number of phenolic OH excluding ortho intramolecular Hbond substituents is 2. The highest BCUT2D eigenvalue weighted by atomic mass is 32.2. The van der Waals surface area contributed by atoms with Gasteiger partial charge in [0.15, 0.2) is 0 Å². The zero-order valence-corrected chi connectivity index (χ0v) is 13.1. The number of hydrogen-bond donors (Lipinski definition) is 5. The van der Waals surface area contributed by atoms with E-state index in [-0.39, 0.29) is 22.1 Å². The maximum absolute atomic E-state index is 11.2. The standard InChI is InChI=1S/C16H14N2O5S/c19-14-8-6-11(24(21,22)23)9-13(14)17-18-16-12-4-2-1-3-10(12)5-7-15(16)20/h1-9,17-20H,(H,21,22,23). The van der Waals surface area contributed by atoms with E-state index in [1.165, 1.54) is 6.07 Å². The molecular formula is C16H14N2O5S. The van der Waals surface area contributed by atoms with Crippen LogP contribution in [-0.4, -0.2) is 23.2 Å². The van der Waals surface area contributed by atoms with Gasteiger partial charge in [-0.05, 0) is 29.7 Å². The molecule has 0 aliphatic heterocycles. The molecule has 3 rings (SSSR count). The van der Waals surface area contributed by atoms with Gasteiger partial charge in [-0.2, -0.15) is 8.42 Å². The Hall–Kier alpha value is -2.97. The van der Waals surface area contributed by atoms with Gasteiger partial charge >= 0.3 is 0 Å². The SMILES string of the molecule is O=S(=O)(O)c1ccc(O)c(NNc2c(O)ccc3ccccc23)c1. The van der Waals surface area contributed by atoms with Crippen molar-refractivity contribution < 1.29 is 23.2 Å². The lowest BCUT2D eigenvalue weighted by Crippen LogP contribution is -2.10. The first-order valence-electron chi connectivity index (χ1n) is 6.89. The van der Waals surface area contributed by atoms with Crippen LogP contribution < -0.4 is 10.9 Å². The van der Waals surface area contributed by atoms with Gasteiger partial charge in [0.2, 0.25) is 0 Å². The van der Waals surface area contributed by atoms with E-state index in [2.05, 4.69) is 10.9 Å². The summed E-state index contributed by atoms with van der Waals surface area (Å²) in [5.41, 5.74) is 5.79. The molecule has 0 aliphatic rings. The maximum Gasteiger partial charge on any atom is 0.294 e. The number of aromatic hydroxyl groups is 2. The Morgan fingerprint density at radius 2 is 1.54 bits per heavy atom. The number of nitrogens with one attached hydrogen (secondary N) is 2. The van der Waals surface area contributed by atoms with Crippen LogP contribution in [0.1, 0.15) is 0 Å². The zero-order chi connectivity index (χ0) is 17.3. The van der Waals surface area contributed by atoms with Crippen LogP contribution in [0.3, 0.4) is 0 Å². The van der Waals surface area contributed by atoms with Crippen molar-refractivity contribution in [1.29, 1.82) is 0 Å². The fourth-order valence-corrected chi connectivity index (χ4v) is 2.80. The van der Waals surface area contributed by atoms with E-state index in [0.29, 0.717) is 5.69 Å². The average Bonchev–Trinajstić information content (AvgIpc) is 2.54. The molecule has 0 fully saturated rings. The molecule has 0 amide bonds. The van der Waals surface area contributed by atoms with Crippen LogP contribution in [0.15, 0.2) is 59.5 Å². The molecule has 0 saturated heterocycles. The summed E-state index contributed by atoms with van der Waals surface area (Å²) in [6.07, 6.45) is 0. The van der Waals surface area contributed by atoms with Gasteiger partial charge in [0.25, 0.3) is 10.1 Å². The number of fused-ring (bicyclic) bond motifs is 1. The quantitative estimate of drug-likeness (QED) is 0.280. The molecule has 0 spiro atoms. The zero-order valence-electron chi connectivity index (χ0n) is 12.3. The normalized spacial score (nSPS) is 11.4. The Kier molecular flexibility index (Phi) is 3.92. The molecule has 24 heavy (non-hydrogen) atoms. The van der Waals surface area contributed by atoms with Gasteiger partial charge < -0.3 is 10.2 Å². The number of benzene rings is 3. The monoisotopic (exact) mass is 346 g/mol. The molecule has 0 bridgehead atoms. The third kappa shape index (κ3) is 3.05. The molecular weight excluding hydrogens is 332 g/mol. The van der Waals surface area contributed by atoms with Crippen LogP contribution >= 0.6 is 0 Å². The van der Waals surface area contributed by atoms with Crippen LogP contribution in [0.25, 0.3) is 10.8 Å². The molecule has 0 unspecified atom stereocenters. The van der Waals surface area contributed by atoms with Crippen LogP contribution in [-0.2, 0) is 10.1 Å².